The monoisotopic (exact) mass is 232 g/mol. The molecule has 0 aliphatic carbocycles. The molecule has 2 amide bonds. The fourth-order valence-corrected chi connectivity index (χ4v) is 2.32. The van der Waals surface area contributed by atoms with E-state index >= 15 is 0 Å². The van der Waals surface area contributed by atoms with Gasteiger partial charge in [0.15, 0.2) is 0 Å². The van der Waals surface area contributed by atoms with Crippen molar-refractivity contribution in [2.75, 3.05) is 6.54 Å². The number of carbonyl (C=O) groups excluding carboxylic acids is 2. The van der Waals surface area contributed by atoms with Crippen molar-refractivity contribution in [1.29, 1.82) is 0 Å². The molecule has 2 atom stereocenters. The van der Waals surface area contributed by atoms with E-state index in [4.69, 9.17) is 0 Å². The summed E-state index contributed by atoms with van der Waals surface area (Å²) < 4.78 is 0. The number of piperidine rings is 2. The molecule has 0 saturated carbocycles. The fraction of sp³-hybridized carbons (Fsp3) is 0.800. The summed E-state index contributed by atoms with van der Waals surface area (Å²) in [5, 5.41) is 5.77. The van der Waals surface area contributed by atoms with Crippen LogP contribution < -0.4 is 10.6 Å². The van der Waals surface area contributed by atoms with Gasteiger partial charge in [0, 0.05) is 12.5 Å². The summed E-state index contributed by atoms with van der Waals surface area (Å²) in [7, 11) is 0. The zero-order chi connectivity index (χ0) is 9.97. The molecule has 2 rings (SSSR count). The summed E-state index contributed by atoms with van der Waals surface area (Å²) in [6.07, 6.45) is 4.66. The lowest BCUT2D eigenvalue weighted by Crippen LogP contribution is -2.51. The zero-order valence-electron chi connectivity index (χ0n) is 8.62. The molecule has 2 aliphatic rings. The van der Waals surface area contributed by atoms with E-state index in [2.05, 4.69) is 10.6 Å². The number of halogens is 1. The second kappa shape index (κ2) is 5.47. The van der Waals surface area contributed by atoms with Gasteiger partial charge in [-0.05, 0) is 25.8 Å². The number of amides is 2. The summed E-state index contributed by atoms with van der Waals surface area (Å²) in [5.41, 5.74) is 0. The number of hydrogen-bond donors (Lipinski definition) is 2. The summed E-state index contributed by atoms with van der Waals surface area (Å²) in [5.74, 6) is -0.198. The third-order valence-corrected chi connectivity index (χ3v) is 3.12. The highest BCUT2D eigenvalue weighted by atomic mass is 35.5. The van der Waals surface area contributed by atoms with Crippen LogP contribution >= 0.6 is 12.4 Å². The van der Waals surface area contributed by atoms with Gasteiger partial charge in [0.1, 0.15) is 0 Å². The lowest BCUT2D eigenvalue weighted by Gasteiger charge is -2.32. The molecule has 86 valence electrons. The van der Waals surface area contributed by atoms with Gasteiger partial charge in [-0.25, -0.2) is 0 Å². The molecule has 0 radical (unpaired) electrons. The van der Waals surface area contributed by atoms with Crippen LogP contribution in [0.25, 0.3) is 0 Å². The van der Waals surface area contributed by atoms with Crippen molar-refractivity contribution in [1.82, 2.24) is 10.6 Å². The second-order valence-corrected chi connectivity index (χ2v) is 4.11. The lowest BCUT2D eigenvalue weighted by atomic mass is 9.86. The SMILES string of the molecule is Cl.O=C1CCC(C2CCCCN2)C(=O)N1. The normalized spacial score (nSPS) is 31.7. The van der Waals surface area contributed by atoms with Gasteiger partial charge in [0.25, 0.3) is 0 Å². The first kappa shape index (κ1) is 12.5. The Morgan fingerprint density at radius 1 is 1.13 bits per heavy atom. The Morgan fingerprint density at radius 2 is 1.93 bits per heavy atom. The van der Waals surface area contributed by atoms with E-state index in [9.17, 15) is 9.59 Å². The van der Waals surface area contributed by atoms with Crippen LogP contribution in [0.2, 0.25) is 0 Å². The molecule has 0 bridgehead atoms. The van der Waals surface area contributed by atoms with Gasteiger partial charge in [-0.3, -0.25) is 14.9 Å². The summed E-state index contributed by atoms with van der Waals surface area (Å²) >= 11 is 0. The minimum Gasteiger partial charge on any atom is -0.313 e. The van der Waals surface area contributed by atoms with Crippen LogP contribution in [0.4, 0.5) is 0 Å². The van der Waals surface area contributed by atoms with Gasteiger partial charge >= 0.3 is 0 Å². The summed E-state index contributed by atoms with van der Waals surface area (Å²) in [6.45, 7) is 1.00. The highest BCUT2D eigenvalue weighted by Gasteiger charge is 2.33. The fourth-order valence-electron chi connectivity index (χ4n) is 2.32. The van der Waals surface area contributed by atoms with Crippen molar-refractivity contribution in [2.24, 2.45) is 5.92 Å². The van der Waals surface area contributed by atoms with Gasteiger partial charge in [0.2, 0.25) is 11.8 Å². The maximum atomic E-state index is 11.5. The first-order chi connectivity index (χ1) is 6.77. The molecule has 0 aromatic heterocycles. The molecular formula is C10H17ClN2O2. The van der Waals surface area contributed by atoms with Crippen molar-refractivity contribution in [3.05, 3.63) is 0 Å². The topological polar surface area (TPSA) is 58.2 Å². The van der Waals surface area contributed by atoms with Crippen molar-refractivity contribution < 1.29 is 9.59 Å². The number of carbonyl (C=O) groups is 2. The van der Waals surface area contributed by atoms with E-state index in [1.165, 1.54) is 12.8 Å². The average molecular weight is 233 g/mol. The molecular weight excluding hydrogens is 216 g/mol. The van der Waals surface area contributed by atoms with Crippen LogP contribution in [-0.2, 0) is 9.59 Å². The maximum Gasteiger partial charge on any atom is 0.231 e. The number of rotatable bonds is 1. The van der Waals surface area contributed by atoms with E-state index < -0.39 is 0 Å². The first-order valence-electron chi connectivity index (χ1n) is 5.34. The van der Waals surface area contributed by atoms with Gasteiger partial charge in [-0.1, -0.05) is 6.42 Å². The van der Waals surface area contributed by atoms with Crippen molar-refractivity contribution >= 4 is 24.2 Å². The van der Waals surface area contributed by atoms with Crippen molar-refractivity contribution in [3.63, 3.8) is 0 Å². The van der Waals surface area contributed by atoms with Gasteiger partial charge in [0.05, 0.1) is 5.92 Å². The van der Waals surface area contributed by atoms with Crippen LogP contribution in [0.3, 0.4) is 0 Å². The molecule has 0 spiro atoms. The number of imide groups is 1. The van der Waals surface area contributed by atoms with Crippen LogP contribution in [0.15, 0.2) is 0 Å². The standard InChI is InChI=1S/C10H16N2O2.ClH/c13-9-5-4-7(10(14)12-9)8-3-1-2-6-11-8;/h7-8,11H,1-6H2,(H,12,13,14);1H. The Bertz CT molecular complexity index is 252. The predicted molar refractivity (Wildman–Crippen MR) is 58.8 cm³/mol. The maximum absolute atomic E-state index is 11.5. The van der Waals surface area contributed by atoms with Crippen LogP contribution in [0.5, 0.6) is 0 Å². The smallest absolute Gasteiger partial charge is 0.231 e. The van der Waals surface area contributed by atoms with Crippen LogP contribution in [0, 0.1) is 5.92 Å². The zero-order valence-corrected chi connectivity index (χ0v) is 9.44. The lowest BCUT2D eigenvalue weighted by molar-refractivity contribution is -0.137. The molecule has 0 aromatic carbocycles. The summed E-state index contributed by atoms with van der Waals surface area (Å²) in [4.78, 5) is 22.5. The average Bonchev–Trinajstić information content (AvgIpc) is 2.19. The Morgan fingerprint density at radius 3 is 2.53 bits per heavy atom. The highest BCUT2D eigenvalue weighted by molar-refractivity contribution is 5.98. The Balaban J connectivity index is 0.00000112. The Kier molecular flexibility index (Phi) is 4.54. The largest absolute Gasteiger partial charge is 0.313 e. The van der Waals surface area contributed by atoms with Gasteiger partial charge < -0.3 is 5.32 Å². The Labute approximate surface area is 95.6 Å². The third kappa shape index (κ3) is 2.92. The molecule has 15 heavy (non-hydrogen) atoms. The minimum absolute atomic E-state index is 0. The molecule has 2 fully saturated rings. The molecule has 0 aromatic rings. The van der Waals surface area contributed by atoms with Crippen molar-refractivity contribution in [3.8, 4) is 0 Å². The second-order valence-electron chi connectivity index (χ2n) is 4.11. The van der Waals surface area contributed by atoms with Gasteiger partial charge in [-0.2, -0.15) is 0 Å². The van der Waals surface area contributed by atoms with Gasteiger partial charge in [-0.15, -0.1) is 12.4 Å². The first-order valence-corrected chi connectivity index (χ1v) is 5.34. The molecule has 2 saturated heterocycles. The summed E-state index contributed by atoms with van der Waals surface area (Å²) in [6, 6.07) is 0.289. The number of nitrogens with one attached hydrogen (secondary N) is 2. The molecule has 2 unspecified atom stereocenters. The van der Waals surface area contributed by atoms with Crippen molar-refractivity contribution in [2.45, 2.75) is 38.1 Å². The predicted octanol–water partition coefficient (Wildman–Crippen LogP) is 0.603. The van der Waals surface area contributed by atoms with Crippen LogP contribution in [-0.4, -0.2) is 24.4 Å². The van der Waals surface area contributed by atoms with Crippen LogP contribution in [0.1, 0.15) is 32.1 Å². The minimum atomic E-state index is -0.123. The third-order valence-electron chi connectivity index (χ3n) is 3.12. The van der Waals surface area contributed by atoms with E-state index in [0.29, 0.717) is 12.8 Å². The molecule has 5 heteroatoms. The van der Waals surface area contributed by atoms with E-state index in [1.54, 1.807) is 0 Å². The van der Waals surface area contributed by atoms with E-state index in [1.807, 2.05) is 0 Å². The quantitative estimate of drug-likeness (QED) is 0.651. The van der Waals surface area contributed by atoms with E-state index in [-0.39, 0.29) is 36.2 Å². The molecule has 4 nitrogen and oxygen atoms in total. The number of hydrogen-bond acceptors (Lipinski definition) is 3. The molecule has 2 N–H and O–H groups in total. The highest BCUT2D eigenvalue weighted by Crippen LogP contribution is 2.22. The van der Waals surface area contributed by atoms with E-state index in [0.717, 1.165) is 13.0 Å². The molecule has 2 heterocycles. The molecule has 2 aliphatic heterocycles. The Hall–Kier alpha value is -0.610.